The number of aryl methyl sites for hydroxylation is 1. The van der Waals surface area contributed by atoms with Gasteiger partial charge in [-0.3, -0.25) is 9.48 Å². The van der Waals surface area contributed by atoms with Crippen LogP contribution in [0.4, 0.5) is 0 Å². The predicted molar refractivity (Wildman–Crippen MR) is 49.2 cm³/mol. The zero-order chi connectivity index (χ0) is 8.97. The second-order valence-electron chi connectivity index (χ2n) is 2.53. The molecule has 4 heteroatoms. The molecule has 3 nitrogen and oxygen atoms in total. The van der Waals surface area contributed by atoms with Crippen LogP contribution in [-0.4, -0.2) is 21.3 Å². The maximum absolute atomic E-state index is 10.9. The van der Waals surface area contributed by atoms with Gasteiger partial charge in [0, 0.05) is 24.6 Å². The summed E-state index contributed by atoms with van der Waals surface area (Å²) >= 11 is 1.54. The van der Waals surface area contributed by atoms with Crippen molar-refractivity contribution in [3.63, 3.8) is 0 Å². The third-order valence-electron chi connectivity index (χ3n) is 1.48. The third-order valence-corrected chi connectivity index (χ3v) is 2.49. The Labute approximate surface area is 76.1 Å². The molecule has 1 aromatic heterocycles. The molecular formula is C8H12N2OS. The zero-order valence-electron chi connectivity index (χ0n) is 7.28. The van der Waals surface area contributed by atoms with E-state index in [2.05, 4.69) is 5.10 Å². The van der Waals surface area contributed by atoms with Gasteiger partial charge in [0.15, 0.2) is 0 Å². The van der Waals surface area contributed by atoms with Gasteiger partial charge >= 0.3 is 0 Å². The largest absolute Gasteiger partial charge is 0.299 e. The maximum Gasteiger partial charge on any atom is 0.142 e. The monoisotopic (exact) mass is 184 g/mol. The van der Waals surface area contributed by atoms with Crippen LogP contribution in [-0.2, 0) is 11.8 Å². The lowest BCUT2D eigenvalue weighted by Crippen LogP contribution is -1.97. The van der Waals surface area contributed by atoms with Crippen molar-refractivity contribution in [2.24, 2.45) is 7.05 Å². The van der Waals surface area contributed by atoms with Crippen molar-refractivity contribution in [2.75, 3.05) is 5.75 Å². The summed E-state index contributed by atoms with van der Waals surface area (Å²) in [5.41, 5.74) is 0. The Morgan fingerprint density at radius 2 is 2.50 bits per heavy atom. The molecule has 0 spiro atoms. The summed E-state index contributed by atoms with van der Waals surface area (Å²) in [5, 5.41) is 4.00. The van der Waals surface area contributed by atoms with E-state index in [1.54, 1.807) is 22.6 Å². The number of Topliss-reactive ketones (excluding diaryl/α,β-unsaturated/α-hetero) is 1. The highest BCUT2D eigenvalue weighted by atomic mass is 32.2. The van der Waals surface area contributed by atoms with Gasteiger partial charge in [0.25, 0.3) is 0 Å². The summed E-state index contributed by atoms with van der Waals surface area (Å²) < 4.78 is 1.73. The molecule has 0 N–H and O–H groups in total. The highest BCUT2D eigenvalue weighted by Crippen LogP contribution is 2.16. The van der Waals surface area contributed by atoms with Crippen molar-refractivity contribution >= 4 is 17.5 Å². The molecule has 0 bridgehead atoms. The van der Waals surface area contributed by atoms with Crippen molar-refractivity contribution < 1.29 is 4.79 Å². The molecule has 1 aromatic rings. The number of hydrogen-bond donors (Lipinski definition) is 0. The fraction of sp³-hybridized carbons (Fsp3) is 0.500. The van der Waals surface area contributed by atoms with Crippen LogP contribution >= 0.6 is 11.8 Å². The second kappa shape index (κ2) is 4.30. The topological polar surface area (TPSA) is 34.9 Å². The van der Waals surface area contributed by atoms with Gasteiger partial charge in [0.2, 0.25) is 0 Å². The summed E-state index contributed by atoms with van der Waals surface area (Å²) in [6.07, 6.45) is 4.30. The molecule has 0 unspecified atom stereocenters. The highest BCUT2D eigenvalue weighted by molar-refractivity contribution is 8.00. The van der Waals surface area contributed by atoms with Crippen molar-refractivity contribution in [1.29, 1.82) is 0 Å². The van der Waals surface area contributed by atoms with Crippen LogP contribution in [0.2, 0.25) is 0 Å². The molecule has 1 heterocycles. The van der Waals surface area contributed by atoms with E-state index in [-0.39, 0.29) is 5.78 Å². The zero-order valence-corrected chi connectivity index (χ0v) is 8.10. The SMILES string of the molecule is CCC(=O)CSc1cnn(C)c1. The van der Waals surface area contributed by atoms with Gasteiger partial charge in [-0.05, 0) is 0 Å². The van der Waals surface area contributed by atoms with Gasteiger partial charge in [-0.25, -0.2) is 0 Å². The van der Waals surface area contributed by atoms with E-state index < -0.39 is 0 Å². The van der Waals surface area contributed by atoms with Gasteiger partial charge in [0.05, 0.1) is 11.9 Å². The molecular weight excluding hydrogens is 172 g/mol. The number of ketones is 1. The molecule has 0 atom stereocenters. The molecule has 0 aliphatic heterocycles. The average molecular weight is 184 g/mol. The van der Waals surface area contributed by atoms with Crippen LogP contribution in [0.25, 0.3) is 0 Å². The van der Waals surface area contributed by atoms with E-state index in [9.17, 15) is 4.79 Å². The van der Waals surface area contributed by atoms with Crippen molar-refractivity contribution in [1.82, 2.24) is 9.78 Å². The van der Waals surface area contributed by atoms with Gasteiger partial charge < -0.3 is 0 Å². The molecule has 1 rings (SSSR count). The molecule has 0 amide bonds. The van der Waals surface area contributed by atoms with Crippen LogP contribution in [0.3, 0.4) is 0 Å². The molecule has 12 heavy (non-hydrogen) atoms. The molecule has 0 radical (unpaired) electrons. The normalized spacial score (nSPS) is 10.2. The fourth-order valence-electron chi connectivity index (χ4n) is 0.739. The molecule has 0 aromatic carbocycles. The Kier molecular flexibility index (Phi) is 3.34. The number of rotatable bonds is 4. The van der Waals surface area contributed by atoms with Crippen molar-refractivity contribution in [2.45, 2.75) is 18.2 Å². The molecule has 0 aliphatic carbocycles. The number of aromatic nitrogens is 2. The first kappa shape index (κ1) is 9.32. The smallest absolute Gasteiger partial charge is 0.142 e. The Bertz CT molecular complexity index is 270. The van der Waals surface area contributed by atoms with Gasteiger partial charge in [-0.1, -0.05) is 6.92 Å². The first-order chi connectivity index (χ1) is 5.72. The van der Waals surface area contributed by atoms with E-state index in [0.29, 0.717) is 12.2 Å². The Balaban J connectivity index is 2.38. The molecule has 0 aliphatic rings. The van der Waals surface area contributed by atoms with Crippen LogP contribution in [0.1, 0.15) is 13.3 Å². The third kappa shape index (κ3) is 2.70. The molecule has 66 valence electrons. The number of hydrogen-bond acceptors (Lipinski definition) is 3. The summed E-state index contributed by atoms with van der Waals surface area (Å²) in [6, 6.07) is 0. The minimum absolute atomic E-state index is 0.281. The predicted octanol–water partition coefficient (Wildman–Crippen LogP) is 1.49. The van der Waals surface area contributed by atoms with Gasteiger partial charge in [-0.2, -0.15) is 5.10 Å². The maximum atomic E-state index is 10.9. The van der Waals surface area contributed by atoms with Gasteiger partial charge in [-0.15, -0.1) is 11.8 Å². The first-order valence-corrected chi connectivity index (χ1v) is 4.84. The summed E-state index contributed by atoms with van der Waals surface area (Å²) in [7, 11) is 1.87. The minimum Gasteiger partial charge on any atom is -0.299 e. The number of nitrogens with zero attached hydrogens (tertiary/aromatic N) is 2. The van der Waals surface area contributed by atoms with Crippen LogP contribution in [0, 0.1) is 0 Å². The lowest BCUT2D eigenvalue weighted by atomic mass is 10.4. The number of carbonyl (C=O) groups is 1. The number of thioether (sulfide) groups is 1. The van der Waals surface area contributed by atoms with E-state index in [1.165, 1.54) is 0 Å². The Hall–Kier alpha value is -0.770. The van der Waals surface area contributed by atoms with Crippen LogP contribution in [0.15, 0.2) is 17.3 Å². The molecule has 0 saturated carbocycles. The number of carbonyl (C=O) groups excluding carboxylic acids is 1. The average Bonchev–Trinajstić information content (AvgIpc) is 2.47. The minimum atomic E-state index is 0.281. The lowest BCUT2D eigenvalue weighted by molar-refractivity contribution is -0.116. The quantitative estimate of drug-likeness (QED) is 0.665. The second-order valence-corrected chi connectivity index (χ2v) is 3.58. The summed E-state index contributed by atoms with van der Waals surface area (Å²) in [6.45, 7) is 1.88. The Morgan fingerprint density at radius 1 is 1.75 bits per heavy atom. The van der Waals surface area contributed by atoms with Crippen LogP contribution in [0.5, 0.6) is 0 Å². The van der Waals surface area contributed by atoms with E-state index in [1.807, 2.05) is 20.2 Å². The van der Waals surface area contributed by atoms with E-state index in [4.69, 9.17) is 0 Å². The standard InChI is InChI=1S/C8H12N2OS/c1-3-7(11)6-12-8-4-9-10(2)5-8/h4-5H,3,6H2,1-2H3. The highest BCUT2D eigenvalue weighted by Gasteiger charge is 2.01. The van der Waals surface area contributed by atoms with E-state index in [0.717, 1.165) is 4.90 Å². The summed E-state index contributed by atoms with van der Waals surface area (Å²) in [4.78, 5) is 12.0. The van der Waals surface area contributed by atoms with Crippen LogP contribution < -0.4 is 0 Å². The Morgan fingerprint density at radius 3 is 3.00 bits per heavy atom. The molecule has 0 saturated heterocycles. The summed E-state index contributed by atoms with van der Waals surface area (Å²) in [5.74, 6) is 0.839. The lowest BCUT2D eigenvalue weighted by Gasteiger charge is -1.93. The van der Waals surface area contributed by atoms with E-state index >= 15 is 0 Å². The molecule has 0 fully saturated rings. The first-order valence-electron chi connectivity index (χ1n) is 3.85. The fourth-order valence-corrected chi connectivity index (χ4v) is 1.62. The van der Waals surface area contributed by atoms with Crippen molar-refractivity contribution in [3.8, 4) is 0 Å². The van der Waals surface area contributed by atoms with Crippen molar-refractivity contribution in [3.05, 3.63) is 12.4 Å². The van der Waals surface area contributed by atoms with Gasteiger partial charge in [0.1, 0.15) is 5.78 Å².